The van der Waals surface area contributed by atoms with Crippen LogP contribution in [0.25, 0.3) is 0 Å². The second-order valence-electron chi connectivity index (χ2n) is 4.36. The van der Waals surface area contributed by atoms with E-state index >= 15 is 0 Å². The van der Waals surface area contributed by atoms with Crippen LogP contribution >= 0.6 is 0 Å². The van der Waals surface area contributed by atoms with Crippen LogP contribution in [0.2, 0.25) is 0 Å². The highest BCUT2D eigenvalue weighted by atomic mass is 16.3. The molecular weight excluding hydrogens is 152 g/mol. The Labute approximate surface area is 75.8 Å². The molecule has 1 atom stereocenters. The van der Waals surface area contributed by atoms with E-state index in [1.54, 1.807) is 0 Å². The van der Waals surface area contributed by atoms with E-state index in [1.165, 1.54) is 0 Å². The third-order valence-electron chi connectivity index (χ3n) is 1.52. The average molecular weight is 174 g/mol. The molecule has 0 aliphatic heterocycles. The summed E-state index contributed by atoms with van der Waals surface area (Å²) in [6, 6.07) is 0.423. The number of hydrogen-bond acceptors (Lipinski definition) is 3. The van der Waals surface area contributed by atoms with Crippen molar-refractivity contribution >= 4 is 0 Å². The van der Waals surface area contributed by atoms with Crippen LogP contribution in [0.4, 0.5) is 0 Å². The summed E-state index contributed by atoms with van der Waals surface area (Å²) < 4.78 is 0. The van der Waals surface area contributed by atoms with Crippen LogP contribution in [0, 0.1) is 0 Å². The van der Waals surface area contributed by atoms with Gasteiger partial charge in [0.25, 0.3) is 0 Å². The van der Waals surface area contributed by atoms with Crippen molar-refractivity contribution in [3.63, 3.8) is 0 Å². The van der Waals surface area contributed by atoms with E-state index in [2.05, 4.69) is 17.1 Å². The van der Waals surface area contributed by atoms with E-state index in [1.807, 2.05) is 27.9 Å². The van der Waals surface area contributed by atoms with Gasteiger partial charge in [-0.15, -0.1) is 0 Å². The van der Waals surface area contributed by atoms with E-state index < -0.39 is 5.60 Å². The Morgan fingerprint density at radius 3 is 2.25 bits per heavy atom. The van der Waals surface area contributed by atoms with Crippen molar-refractivity contribution in [3.8, 4) is 0 Å². The van der Waals surface area contributed by atoms with Crippen molar-refractivity contribution in [2.75, 3.05) is 27.2 Å². The second kappa shape index (κ2) is 4.80. The highest BCUT2D eigenvalue weighted by Crippen LogP contribution is 1.98. The molecule has 0 aliphatic rings. The maximum Gasteiger partial charge on any atom is 0.0715 e. The summed E-state index contributed by atoms with van der Waals surface area (Å²) in [5, 5.41) is 12.7. The summed E-state index contributed by atoms with van der Waals surface area (Å²) in [6.45, 7) is 7.37. The van der Waals surface area contributed by atoms with Crippen LogP contribution in [0.1, 0.15) is 20.8 Å². The molecule has 12 heavy (non-hydrogen) atoms. The molecule has 3 nitrogen and oxygen atoms in total. The monoisotopic (exact) mass is 174 g/mol. The minimum absolute atomic E-state index is 0.423. The number of nitrogens with one attached hydrogen (secondary N) is 1. The quantitative estimate of drug-likeness (QED) is 0.629. The Bertz CT molecular complexity index is 118. The van der Waals surface area contributed by atoms with Gasteiger partial charge < -0.3 is 15.3 Å². The third kappa shape index (κ3) is 7.98. The van der Waals surface area contributed by atoms with E-state index in [9.17, 15) is 5.11 Å². The van der Waals surface area contributed by atoms with Gasteiger partial charge in [-0.1, -0.05) is 0 Å². The predicted molar refractivity (Wildman–Crippen MR) is 52.3 cm³/mol. The number of aliphatic hydroxyl groups is 1. The number of nitrogens with zero attached hydrogens (tertiary/aromatic N) is 1. The maximum atomic E-state index is 9.42. The first kappa shape index (κ1) is 11.9. The number of rotatable bonds is 5. The minimum Gasteiger partial charge on any atom is -0.389 e. The first-order valence-electron chi connectivity index (χ1n) is 4.42. The SMILES string of the molecule is CC(CN(C)C)NCC(C)(C)O. The molecule has 0 aromatic heterocycles. The lowest BCUT2D eigenvalue weighted by atomic mass is 10.1. The minimum atomic E-state index is -0.611. The van der Waals surface area contributed by atoms with Crippen molar-refractivity contribution in [3.05, 3.63) is 0 Å². The van der Waals surface area contributed by atoms with E-state index in [0.717, 1.165) is 6.54 Å². The molecule has 0 heterocycles. The van der Waals surface area contributed by atoms with Gasteiger partial charge in [-0.25, -0.2) is 0 Å². The van der Waals surface area contributed by atoms with Gasteiger partial charge in [0.1, 0.15) is 0 Å². The summed E-state index contributed by atoms with van der Waals surface area (Å²) >= 11 is 0. The first-order valence-corrected chi connectivity index (χ1v) is 4.42. The van der Waals surface area contributed by atoms with Crippen LogP contribution in [0.5, 0.6) is 0 Å². The fourth-order valence-electron chi connectivity index (χ4n) is 1.04. The molecular formula is C9H22N2O. The molecule has 3 heteroatoms. The van der Waals surface area contributed by atoms with Gasteiger partial charge in [0, 0.05) is 19.1 Å². The van der Waals surface area contributed by atoms with Crippen molar-refractivity contribution in [1.29, 1.82) is 0 Å². The molecule has 2 N–H and O–H groups in total. The molecule has 0 bridgehead atoms. The molecule has 0 aromatic carbocycles. The molecule has 0 fully saturated rings. The molecule has 0 aliphatic carbocycles. The van der Waals surface area contributed by atoms with E-state index in [-0.39, 0.29) is 0 Å². The maximum absolute atomic E-state index is 9.42. The Hall–Kier alpha value is -0.120. The Morgan fingerprint density at radius 1 is 1.42 bits per heavy atom. The highest BCUT2D eigenvalue weighted by molar-refractivity contribution is 4.72. The summed E-state index contributed by atoms with van der Waals surface area (Å²) in [4.78, 5) is 2.13. The largest absolute Gasteiger partial charge is 0.389 e. The van der Waals surface area contributed by atoms with Crippen LogP contribution in [0.15, 0.2) is 0 Å². The lowest BCUT2D eigenvalue weighted by Crippen LogP contribution is -2.43. The normalized spacial score (nSPS) is 15.2. The molecule has 0 rings (SSSR count). The number of hydrogen-bond donors (Lipinski definition) is 2. The molecule has 0 saturated heterocycles. The standard InChI is InChI=1S/C9H22N2O/c1-8(6-11(4)5)10-7-9(2,3)12/h8,10,12H,6-7H2,1-5H3. The Balaban J connectivity index is 3.51. The predicted octanol–water partition coefficient (Wildman–Crippen LogP) is 0.297. The fourth-order valence-corrected chi connectivity index (χ4v) is 1.04. The zero-order chi connectivity index (χ0) is 9.78. The van der Waals surface area contributed by atoms with Crippen molar-refractivity contribution in [1.82, 2.24) is 10.2 Å². The van der Waals surface area contributed by atoms with E-state index in [0.29, 0.717) is 12.6 Å². The average Bonchev–Trinajstić information content (AvgIpc) is 1.80. The van der Waals surface area contributed by atoms with Gasteiger partial charge in [0.15, 0.2) is 0 Å². The summed E-state index contributed by atoms with van der Waals surface area (Å²) in [5.41, 5.74) is -0.611. The van der Waals surface area contributed by atoms with Crippen molar-refractivity contribution in [2.24, 2.45) is 0 Å². The summed E-state index contributed by atoms with van der Waals surface area (Å²) in [7, 11) is 4.09. The van der Waals surface area contributed by atoms with Gasteiger partial charge in [-0.3, -0.25) is 0 Å². The lowest BCUT2D eigenvalue weighted by molar-refractivity contribution is 0.0759. The Kier molecular flexibility index (Phi) is 4.75. The highest BCUT2D eigenvalue weighted by Gasteiger charge is 2.13. The zero-order valence-corrected chi connectivity index (χ0v) is 8.89. The molecule has 0 amide bonds. The molecule has 0 aromatic rings. The smallest absolute Gasteiger partial charge is 0.0715 e. The molecule has 74 valence electrons. The third-order valence-corrected chi connectivity index (χ3v) is 1.52. The molecule has 1 unspecified atom stereocenters. The van der Waals surface area contributed by atoms with Crippen LogP contribution in [-0.2, 0) is 0 Å². The van der Waals surface area contributed by atoms with Crippen molar-refractivity contribution in [2.45, 2.75) is 32.4 Å². The molecule has 0 spiro atoms. The molecule has 0 radical (unpaired) electrons. The van der Waals surface area contributed by atoms with E-state index in [4.69, 9.17) is 0 Å². The van der Waals surface area contributed by atoms with Crippen molar-refractivity contribution < 1.29 is 5.11 Å². The Morgan fingerprint density at radius 2 is 1.92 bits per heavy atom. The van der Waals surface area contributed by atoms with Gasteiger partial charge in [0.05, 0.1) is 5.60 Å². The first-order chi connectivity index (χ1) is 5.31. The number of likely N-dealkylation sites (N-methyl/N-ethyl adjacent to an activating group) is 1. The van der Waals surface area contributed by atoms with Crippen LogP contribution < -0.4 is 5.32 Å². The van der Waals surface area contributed by atoms with Gasteiger partial charge in [-0.05, 0) is 34.9 Å². The lowest BCUT2D eigenvalue weighted by Gasteiger charge is -2.23. The van der Waals surface area contributed by atoms with Gasteiger partial charge in [-0.2, -0.15) is 0 Å². The van der Waals surface area contributed by atoms with Gasteiger partial charge in [0.2, 0.25) is 0 Å². The summed E-state index contributed by atoms with van der Waals surface area (Å²) in [5.74, 6) is 0. The second-order valence-corrected chi connectivity index (χ2v) is 4.36. The van der Waals surface area contributed by atoms with Crippen LogP contribution in [-0.4, -0.2) is 48.8 Å². The van der Waals surface area contributed by atoms with Gasteiger partial charge >= 0.3 is 0 Å². The fraction of sp³-hybridized carbons (Fsp3) is 1.00. The summed E-state index contributed by atoms with van der Waals surface area (Å²) in [6.07, 6.45) is 0. The molecule has 0 saturated carbocycles. The zero-order valence-electron chi connectivity index (χ0n) is 8.89. The topological polar surface area (TPSA) is 35.5 Å². The van der Waals surface area contributed by atoms with Crippen LogP contribution in [0.3, 0.4) is 0 Å².